The lowest BCUT2D eigenvalue weighted by molar-refractivity contribution is -0.149. The summed E-state index contributed by atoms with van der Waals surface area (Å²) in [6, 6.07) is -2.47. The van der Waals surface area contributed by atoms with Crippen LogP contribution in [-0.2, 0) is 44.8 Å². The Bertz CT molecular complexity index is 2140. The minimum absolute atomic E-state index is 0.139. The van der Waals surface area contributed by atoms with E-state index < -0.39 is 133 Å². The number of aliphatic hydroxyl groups excluding tert-OH is 3. The van der Waals surface area contributed by atoms with Crippen LogP contribution in [0.25, 0.3) is 10.9 Å². The molecule has 66 heavy (non-hydrogen) atoms. The number of benzene rings is 1. The number of nitrogens with two attached hydrogens (primary N) is 1. The SMILES string of the molecule is CC[C@H](C)[C@@H]1NC(=O)CNC(=O)[C@@H](NC(=O)[C@@H](N)[C@@H](C)[C@@H](O)CO)Cc2c([nH]c3ccccc23)SC[C@@H](C(=O)N[C@@H](CCN=O)C(=O)N2C[C@H](O)C[C@H]2C(=O)O)NC(=O)[C@H]2CCCN2C1=O. The Labute approximate surface area is 384 Å². The number of nitrogens with zero attached hydrogens (tertiary/aromatic N) is 3. The Hall–Kier alpha value is -5.69. The van der Waals surface area contributed by atoms with Gasteiger partial charge in [0.25, 0.3) is 0 Å². The van der Waals surface area contributed by atoms with Crippen LogP contribution in [0.5, 0.6) is 0 Å². The maximum atomic E-state index is 14.4. The highest BCUT2D eigenvalue weighted by Crippen LogP contribution is 2.32. The van der Waals surface area contributed by atoms with E-state index in [1.54, 1.807) is 38.1 Å². The highest BCUT2D eigenvalue weighted by Gasteiger charge is 2.44. The van der Waals surface area contributed by atoms with Gasteiger partial charge in [0.05, 0.1) is 43.0 Å². The van der Waals surface area contributed by atoms with Gasteiger partial charge in [-0.25, -0.2) is 4.79 Å². The Balaban J connectivity index is 1.57. The van der Waals surface area contributed by atoms with Crippen molar-refractivity contribution in [2.45, 2.75) is 119 Å². The van der Waals surface area contributed by atoms with E-state index in [2.05, 4.69) is 36.7 Å². The molecule has 24 heteroatoms. The highest BCUT2D eigenvalue weighted by molar-refractivity contribution is 7.99. The number of hydrogen-bond acceptors (Lipinski definition) is 15. The number of amides is 7. The maximum Gasteiger partial charge on any atom is 0.326 e. The van der Waals surface area contributed by atoms with Crippen molar-refractivity contribution >= 4 is 70.0 Å². The molecular weight excluding hydrogens is 885 g/mol. The number of para-hydroxylation sites is 1. The van der Waals surface area contributed by atoms with E-state index in [0.29, 0.717) is 34.3 Å². The number of nitrogens with one attached hydrogen (secondary N) is 6. The Kier molecular flexibility index (Phi) is 18.0. The predicted octanol–water partition coefficient (Wildman–Crippen LogP) is -2.57. The van der Waals surface area contributed by atoms with Gasteiger partial charge in [-0.15, -0.1) is 11.8 Å². The largest absolute Gasteiger partial charge is 0.480 e. The lowest BCUT2D eigenvalue weighted by Crippen LogP contribution is -2.60. The van der Waals surface area contributed by atoms with E-state index in [9.17, 15) is 63.7 Å². The number of carboxylic acids is 1. The number of aromatic nitrogens is 1. The average Bonchev–Trinajstić information content (AvgIpc) is 4.05. The molecule has 0 spiro atoms. The number of aromatic amines is 1. The molecule has 3 aliphatic heterocycles. The number of carboxylic acid groups (broad SMARTS) is 1. The molecule has 12 N–H and O–H groups in total. The molecule has 2 saturated heterocycles. The van der Waals surface area contributed by atoms with Gasteiger partial charge in [0.15, 0.2) is 0 Å². The third kappa shape index (κ3) is 12.2. The van der Waals surface area contributed by atoms with Crippen LogP contribution in [0, 0.1) is 16.7 Å². The standard InChI is InChI=1S/C42H60N10O13S/c1-4-20(2)34-41(62)51-13-7-10-29(51)37(59)48-28(36(58)46-26(11-12-45-65)40(61)52-17-22(54)14-30(52)42(63)64)19-66-39-24(23-8-5-6-9-25(23)49-39)15-27(35(57)44-16-32(56)50-34)47-38(60)33(43)21(3)31(55)18-53/h5-6,8-9,20-22,26-31,33-34,49,53-55H,4,7,10-19,43H2,1-3H3,(H,44,57)(H,46,58)(H,47,60)(H,48,59)(H,50,56)(H,63,64)/t20-,21-,22+,26-,27-,28-,29+,30-,31-,33-,34-/m0/s1. The van der Waals surface area contributed by atoms with E-state index >= 15 is 0 Å². The van der Waals surface area contributed by atoms with E-state index in [4.69, 9.17) is 5.73 Å². The second-order valence-corrected chi connectivity index (χ2v) is 18.1. The molecule has 0 unspecified atom stereocenters. The Morgan fingerprint density at radius 2 is 1.80 bits per heavy atom. The molecule has 4 heterocycles. The van der Waals surface area contributed by atoms with E-state index in [1.165, 1.54) is 11.8 Å². The molecule has 0 saturated carbocycles. The van der Waals surface area contributed by atoms with Crippen LogP contribution >= 0.6 is 11.8 Å². The summed E-state index contributed by atoms with van der Waals surface area (Å²) in [5, 5.41) is 56.8. The lowest BCUT2D eigenvalue weighted by atomic mass is 9.95. The number of H-pyrrole nitrogens is 1. The summed E-state index contributed by atoms with van der Waals surface area (Å²) in [4.78, 5) is 127. The molecule has 0 bridgehead atoms. The summed E-state index contributed by atoms with van der Waals surface area (Å²) in [6.45, 7) is 3.02. The fraction of sp³-hybridized carbons (Fsp3) is 0.619. The third-order valence-corrected chi connectivity index (χ3v) is 13.7. The van der Waals surface area contributed by atoms with E-state index in [1.807, 2.05) is 0 Å². The molecule has 0 radical (unpaired) electrons. The van der Waals surface area contributed by atoms with Gasteiger partial charge in [0, 0.05) is 48.5 Å². The second-order valence-electron chi connectivity index (χ2n) is 17.0. The van der Waals surface area contributed by atoms with E-state index in [0.717, 1.165) is 16.7 Å². The first kappa shape index (κ1) is 51.3. The molecule has 7 amide bonds. The van der Waals surface area contributed by atoms with Crippen LogP contribution < -0.4 is 32.3 Å². The summed E-state index contributed by atoms with van der Waals surface area (Å²) < 4.78 is 0. The highest BCUT2D eigenvalue weighted by atomic mass is 32.2. The van der Waals surface area contributed by atoms with Crippen molar-refractivity contribution in [1.82, 2.24) is 41.4 Å². The number of rotatable bonds is 14. The van der Waals surface area contributed by atoms with Crippen LogP contribution in [0.1, 0.15) is 58.4 Å². The molecule has 362 valence electrons. The molecule has 2 fully saturated rings. The summed E-state index contributed by atoms with van der Waals surface area (Å²) >= 11 is 1.03. The maximum absolute atomic E-state index is 14.4. The molecule has 1 aromatic carbocycles. The van der Waals surface area contributed by atoms with Crippen molar-refractivity contribution in [3.63, 3.8) is 0 Å². The minimum Gasteiger partial charge on any atom is -0.480 e. The third-order valence-electron chi connectivity index (χ3n) is 12.5. The first-order valence-corrected chi connectivity index (χ1v) is 22.9. The molecule has 5 rings (SSSR count). The number of thioether (sulfide) groups is 1. The quantitative estimate of drug-likeness (QED) is 0.0868. The zero-order chi connectivity index (χ0) is 48.4. The molecule has 1 aromatic heterocycles. The number of β-amino-alcohol motifs (C(OH)–C–C–N with tert-alkyl or cyclic N) is 1. The number of carbonyl (C=O) groups excluding carboxylic acids is 7. The number of nitroso groups, excluding NO2 is 1. The van der Waals surface area contributed by atoms with Crippen LogP contribution in [-0.4, -0.2) is 176 Å². The minimum atomic E-state index is -1.51. The predicted molar refractivity (Wildman–Crippen MR) is 237 cm³/mol. The number of aliphatic hydroxyl groups is 3. The van der Waals surface area contributed by atoms with Gasteiger partial charge >= 0.3 is 5.97 Å². The summed E-state index contributed by atoms with van der Waals surface area (Å²) in [6.07, 6.45) is -2.33. The Morgan fingerprint density at radius 1 is 1.08 bits per heavy atom. The number of hydrogen-bond donors (Lipinski definition) is 11. The van der Waals surface area contributed by atoms with Crippen LogP contribution in [0.15, 0.2) is 34.5 Å². The average molecular weight is 945 g/mol. The fourth-order valence-electron chi connectivity index (χ4n) is 8.33. The monoisotopic (exact) mass is 944 g/mol. The van der Waals surface area contributed by atoms with Gasteiger partial charge in [0.1, 0.15) is 36.3 Å². The lowest BCUT2D eigenvalue weighted by Gasteiger charge is -2.32. The molecule has 3 aliphatic rings. The van der Waals surface area contributed by atoms with Gasteiger partial charge < -0.3 is 67.5 Å². The second kappa shape index (κ2) is 23.2. The summed E-state index contributed by atoms with van der Waals surface area (Å²) in [5.74, 6) is -8.54. The number of carbonyl (C=O) groups is 8. The Morgan fingerprint density at radius 3 is 2.48 bits per heavy atom. The van der Waals surface area contributed by atoms with Gasteiger partial charge in [-0.1, -0.05) is 50.6 Å². The molecule has 0 aliphatic carbocycles. The van der Waals surface area contributed by atoms with Gasteiger partial charge in [-0.3, -0.25) is 33.6 Å². The van der Waals surface area contributed by atoms with Crippen molar-refractivity contribution in [2.75, 3.05) is 38.5 Å². The van der Waals surface area contributed by atoms with Crippen LogP contribution in [0.4, 0.5) is 0 Å². The fourth-order valence-corrected chi connectivity index (χ4v) is 9.45. The number of fused-ring (bicyclic) bond motifs is 4. The van der Waals surface area contributed by atoms with Crippen molar-refractivity contribution in [3.05, 3.63) is 34.7 Å². The normalized spacial score (nSPS) is 25.7. The zero-order valence-corrected chi connectivity index (χ0v) is 37.8. The molecular formula is C42H60N10O13S. The van der Waals surface area contributed by atoms with Crippen molar-refractivity contribution in [3.8, 4) is 0 Å². The van der Waals surface area contributed by atoms with Crippen molar-refractivity contribution in [2.24, 2.45) is 22.7 Å². The number of likely N-dealkylation sites (tertiary alicyclic amines) is 1. The molecule has 2 aromatic rings. The first-order valence-electron chi connectivity index (χ1n) is 22.0. The molecule has 23 nitrogen and oxygen atoms in total. The first-order chi connectivity index (χ1) is 31.4. The summed E-state index contributed by atoms with van der Waals surface area (Å²) in [7, 11) is 0. The van der Waals surface area contributed by atoms with E-state index in [-0.39, 0.29) is 44.5 Å². The van der Waals surface area contributed by atoms with Gasteiger partial charge in [0.2, 0.25) is 41.4 Å². The summed E-state index contributed by atoms with van der Waals surface area (Å²) in [5.41, 5.74) is 7.22. The van der Waals surface area contributed by atoms with Crippen molar-refractivity contribution < 1.29 is 58.8 Å². The number of aliphatic carboxylic acids is 1. The van der Waals surface area contributed by atoms with Crippen LogP contribution in [0.3, 0.4) is 0 Å². The van der Waals surface area contributed by atoms with Gasteiger partial charge in [-0.05, 0) is 36.8 Å². The topological polar surface area (TPSA) is 355 Å². The van der Waals surface area contributed by atoms with Gasteiger partial charge in [-0.2, -0.15) is 4.91 Å². The molecule has 11 atom stereocenters. The van der Waals surface area contributed by atoms with Crippen molar-refractivity contribution in [1.29, 1.82) is 0 Å². The van der Waals surface area contributed by atoms with Crippen LogP contribution in [0.2, 0.25) is 0 Å². The smallest absolute Gasteiger partial charge is 0.326 e. The zero-order valence-electron chi connectivity index (χ0n) is 36.9.